The first kappa shape index (κ1) is 17.0. The van der Waals surface area contributed by atoms with E-state index >= 15 is 0 Å². The Morgan fingerprint density at radius 2 is 2.19 bits per heavy atom. The second kappa shape index (κ2) is 6.71. The highest BCUT2D eigenvalue weighted by Gasteiger charge is 2.25. The minimum absolute atomic E-state index is 0.0228. The average Bonchev–Trinajstić information content (AvgIpc) is 3.32. The number of aliphatic imine (C=N–C) groups is 1. The minimum Gasteiger partial charge on any atom is -0.398 e. The van der Waals surface area contributed by atoms with E-state index in [0.717, 1.165) is 29.5 Å². The number of carbonyl (C=O) groups excluding carboxylic acids is 1. The third kappa shape index (κ3) is 3.46. The van der Waals surface area contributed by atoms with E-state index in [2.05, 4.69) is 30.6 Å². The lowest BCUT2D eigenvalue weighted by molar-refractivity contribution is 0.101. The summed E-state index contributed by atoms with van der Waals surface area (Å²) in [6.07, 6.45) is 5.60. The Balaban J connectivity index is 1.71. The maximum Gasteiger partial charge on any atom is 0.231 e. The number of anilines is 4. The normalized spacial score (nSPS) is 14.0. The summed E-state index contributed by atoms with van der Waals surface area (Å²) < 4.78 is 0. The molecule has 1 fully saturated rings. The largest absolute Gasteiger partial charge is 0.398 e. The van der Waals surface area contributed by atoms with Crippen molar-refractivity contribution in [3.63, 3.8) is 0 Å². The number of carbonyl (C=O) groups is 1. The Kier molecular flexibility index (Phi) is 4.23. The van der Waals surface area contributed by atoms with Crippen LogP contribution >= 0.6 is 0 Å². The summed E-state index contributed by atoms with van der Waals surface area (Å²) in [5, 5.41) is 7.32. The molecular formula is C19H21N7O. The molecule has 0 amide bonds. The van der Waals surface area contributed by atoms with Crippen molar-refractivity contribution >= 4 is 46.2 Å². The van der Waals surface area contributed by atoms with Crippen LogP contribution in [-0.4, -0.2) is 40.0 Å². The quantitative estimate of drug-likeness (QED) is 0.303. The zero-order valence-electron chi connectivity index (χ0n) is 15.2. The van der Waals surface area contributed by atoms with Crippen molar-refractivity contribution in [2.45, 2.75) is 25.8 Å². The average molecular weight is 363 g/mol. The number of hydrogen-bond donors (Lipinski definition) is 4. The first-order chi connectivity index (χ1) is 13.0. The molecule has 5 N–H and O–H groups in total. The van der Waals surface area contributed by atoms with E-state index in [1.54, 1.807) is 26.4 Å². The number of fused-ring (bicyclic) bond motifs is 1. The number of Topliss-reactive ketones (excluding diaryl/α,β-unsaturated/α-hetero) is 1. The smallest absolute Gasteiger partial charge is 0.231 e. The summed E-state index contributed by atoms with van der Waals surface area (Å²) >= 11 is 0. The standard InChI is InChI=1S/C19H21N7O/c1-10(27)14-9-22-17-16(14)18(23-12-5-6-12)26-19(25-17)24-13-4-3-11(8-21-2)15(20)7-13/h3-4,7-9,12H,5-6,20H2,1-2H3,(H3,22,23,24,25,26). The topological polar surface area (TPSA) is 121 Å². The number of ketones is 1. The second-order valence-electron chi connectivity index (χ2n) is 6.65. The predicted molar refractivity (Wildman–Crippen MR) is 108 cm³/mol. The minimum atomic E-state index is -0.0228. The summed E-state index contributed by atoms with van der Waals surface area (Å²) in [6.45, 7) is 1.54. The number of aromatic amines is 1. The lowest BCUT2D eigenvalue weighted by atomic mass is 10.1. The van der Waals surface area contributed by atoms with Crippen LogP contribution in [0.25, 0.3) is 11.0 Å². The SMILES string of the molecule is CN=Cc1ccc(Nc2nc(NC3CC3)c3c(C(C)=O)c[nH]c3n2)cc1N. The van der Waals surface area contributed by atoms with Gasteiger partial charge in [-0.15, -0.1) is 0 Å². The van der Waals surface area contributed by atoms with Gasteiger partial charge < -0.3 is 21.4 Å². The molecule has 1 aliphatic rings. The lowest BCUT2D eigenvalue weighted by Gasteiger charge is -2.11. The highest BCUT2D eigenvalue weighted by atomic mass is 16.1. The molecule has 1 aliphatic carbocycles. The molecule has 8 heteroatoms. The van der Waals surface area contributed by atoms with Crippen LogP contribution < -0.4 is 16.4 Å². The van der Waals surface area contributed by atoms with Crippen LogP contribution in [0.15, 0.2) is 29.4 Å². The molecule has 2 heterocycles. The van der Waals surface area contributed by atoms with Gasteiger partial charge in [0.05, 0.1) is 5.39 Å². The summed E-state index contributed by atoms with van der Waals surface area (Å²) in [4.78, 5) is 28.1. The van der Waals surface area contributed by atoms with Crippen molar-refractivity contribution in [2.24, 2.45) is 4.99 Å². The van der Waals surface area contributed by atoms with Crippen LogP contribution in [0, 0.1) is 0 Å². The van der Waals surface area contributed by atoms with Gasteiger partial charge in [0, 0.05) is 48.0 Å². The van der Waals surface area contributed by atoms with Crippen LogP contribution in [0.4, 0.5) is 23.1 Å². The molecule has 0 saturated heterocycles. The summed E-state index contributed by atoms with van der Waals surface area (Å²) in [6, 6.07) is 5.99. The van der Waals surface area contributed by atoms with Crippen LogP contribution in [0.5, 0.6) is 0 Å². The molecule has 0 radical (unpaired) electrons. The fourth-order valence-corrected chi connectivity index (χ4v) is 2.93. The number of hydrogen-bond acceptors (Lipinski definition) is 7. The molecule has 1 saturated carbocycles. The third-order valence-corrected chi connectivity index (χ3v) is 4.44. The fourth-order valence-electron chi connectivity index (χ4n) is 2.93. The molecule has 1 aromatic carbocycles. The van der Waals surface area contributed by atoms with Gasteiger partial charge in [-0.05, 0) is 38.0 Å². The maximum absolute atomic E-state index is 11.9. The molecule has 3 aromatic rings. The molecular weight excluding hydrogens is 342 g/mol. The van der Waals surface area contributed by atoms with E-state index in [1.165, 1.54) is 0 Å². The van der Waals surface area contributed by atoms with Crippen molar-refractivity contribution in [2.75, 3.05) is 23.4 Å². The van der Waals surface area contributed by atoms with E-state index in [9.17, 15) is 4.79 Å². The van der Waals surface area contributed by atoms with Crippen LogP contribution in [0.3, 0.4) is 0 Å². The van der Waals surface area contributed by atoms with E-state index in [0.29, 0.717) is 34.7 Å². The van der Waals surface area contributed by atoms with Crippen molar-refractivity contribution in [3.05, 3.63) is 35.5 Å². The van der Waals surface area contributed by atoms with Gasteiger partial charge in [0.15, 0.2) is 5.78 Å². The number of benzene rings is 1. The summed E-state index contributed by atoms with van der Waals surface area (Å²) in [5.41, 5.74) is 9.51. The number of rotatable bonds is 6. The number of nitrogens with two attached hydrogens (primary N) is 1. The van der Waals surface area contributed by atoms with Gasteiger partial charge in [-0.1, -0.05) is 0 Å². The van der Waals surface area contributed by atoms with Gasteiger partial charge in [-0.3, -0.25) is 9.79 Å². The highest BCUT2D eigenvalue weighted by molar-refractivity contribution is 6.10. The van der Waals surface area contributed by atoms with Crippen molar-refractivity contribution in [1.82, 2.24) is 15.0 Å². The number of nitrogens with zero attached hydrogens (tertiary/aromatic N) is 3. The van der Waals surface area contributed by atoms with Crippen molar-refractivity contribution in [1.29, 1.82) is 0 Å². The Morgan fingerprint density at radius 3 is 2.85 bits per heavy atom. The Bertz CT molecular complexity index is 1050. The van der Waals surface area contributed by atoms with Gasteiger partial charge in [0.1, 0.15) is 11.5 Å². The molecule has 0 bridgehead atoms. The zero-order valence-corrected chi connectivity index (χ0v) is 15.2. The number of H-pyrrole nitrogens is 1. The lowest BCUT2D eigenvalue weighted by Crippen LogP contribution is -2.08. The van der Waals surface area contributed by atoms with Gasteiger partial charge in [-0.2, -0.15) is 9.97 Å². The predicted octanol–water partition coefficient (Wildman–Crippen LogP) is 3.11. The molecule has 0 atom stereocenters. The van der Waals surface area contributed by atoms with Crippen LogP contribution in [-0.2, 0) is 0 Å². The molecule has 0 unspecified atom stereocenters. The molecule has 8 nitrogen and oxygen atoms in total. The van der Waals surface area contributed by atoms with Crippen molar-refractivity contribution in [3.8, 4) is 0 Å². The highest BCUT2D eigenvalue weighted by Crippen LogP contribution is 2.31. The van der Waals surface area contributed by atoms with Gasteiger partial charge >= 0.3 is 0 Å². The molecule has 27 heavy (non-hydrogen) atoms. The van der Waals surface area contributed by atoms with E-state index in [4.69, 9.17) is 5.73 Å². The van der Waals surface area contributed by atoms with E-state index < -0.39 is 0 Å². The molecule has 4 rings (SSSR count). The third-order valence-electron chi connectivity index (χ3n) is 4.44. The number of aromatic nitrogens is 3. The molecule has 138 valence electrons. The van der Waals surface area contributed by atoms with Crippen LogP contribution in [0.1, 0.15) is 35.7 Å². The van der Waals surface area contributed by atoms with E-state index in [-0.39, 0.29) is 5.78 Å². The van der Waals surface area contributed by atoms with E-state index in [1.807, 2.05) is 18.2 Å². The van der Waals surface area contributed by atoms with Gasteiger partial charge in [-0.25, -0.2) is 0 Å². The molecule has 2 aromatic heterocycles. The first-order valence-corrected chi connectivity index (χ1v) is 8.80. The number of nitrogens with one attached hydrogen (secondary N) is 3. The molecule has 0 aliphatic heterocycles. The first-order valence-electron chi connectivity index (χ1n) is 8.80. The summed E-state index contributed by atoms with van der Waals surface area (Å²) in [7, 11) is 1.70. The van der Waals surface area contributed by atoms with Crippen molar-refractivity contribution < 1.29 is 4.79 Å². The monoisotopic (exact) mass is 363 g/mol. The van der Waals surface area contributed by atoms with Crippen LogP contribution in [0.2, 0.25) is 0 Å². The Labute approximate surface area is 156 Å². The Morgan fingerprint density at radius 1 is 1.37 bits per heavy atom. The maximum atomic E-state index is 11.9. The Hall–Kier alpha value is -3.42. The second-order valence-corrected chi connectivity index (χ2v) is 6.65. The summed E-state index contributed by atoms with van der Waals surface area (Å²) in [5.74, 6) is 1.07. The number of nitrogen functional groups attached to an aromatic ring is 1. The fraction of sp³-hybridized carbons (Fsp3) is 0.263. The van der Waals surface area contributed by atoms with Gasteiger partial charge in [0.2, 0.25) is 5.95 Å². The zero-order chi connectivity index (χ0) is 19.0. The van der Waals surface area contributed by atoms with Gasteiger partial charge in [0.25, 0.3) is 0 Å². The molecule has 0 spiro atoms.